The maximum atomic E-state index is 13.1. The number of nitriles is 1. The largest absolute Gasteiger partial charge is 0.365 e. The molecule has 3 heterocycles. The van der Waals surface area contributed by atoms with Crippen molar-refractivity contribution < 1.29 is 9.18 Å². The van der Waals surface area contributed by atoms with Crippen LogP contribution < -0.4 is 10.6 Å². The molecular weight excluding hydrogens is 457 g/mol. The van der Waals surface area contributed by atoms with Crippen LogP contribution in [0.3, 0.4) is 0 Å². The van der Waals surface area contributed by atoms with Gasteiger partial charge in [0.25, 0.3) is 5.91 Å². The van der Waals surface area contributed by atoms with E-state index in [9.17, 15) is 14.4 Å². The first-order chi connectivity index (χ1) is 17.6. The van der Waals surface area contributed by atoms with Gasteiger partial charge in [0.2, 0.25) is 0 Å². The van der Waals surface area contributed by atoms with Gasteiger partial charge < -0.3 is 10.6 Å². The monoisotopic (exact) mass is 477 g/mol. The summed E-state index contributed by atoms with van der Waals surface area (Å²) in [5.41, 5.74) is 5.02. The van der Waals surface area contributed by atoms with Crippen LogP contribution in [0.2, 0.25) is 0 Å². The SMILES string of the molecule is N#Cc1cnc(NCc2ccc(-c3cnc4[nH]ncc4c3)cc2)c(C(=O)NCc2ccc(F)cc2)c1. The van der Waals surface area contributed by atoms with E-state index in [4.69, 9.17) is 0 Å². The number of amides is 1. The maximum absolute atomic E-state index is 13.1. The fraction of sp³-hybridized carbons (Fsp3) is 0.0741. The molecule has 0 bridgehead atoms. The number of aromatic nitrogens is 4. The third-order valence-corrected chi connectivity index (χ3v) is 5.67. The van der Waals surface area contributed by atoms with Crippen molar-refractivity contribution in [1.29, 1.82) is 5.26 Å². The van der Waals surface area contributed by atoms with Crippen LogP contribution in [-0.2, 0) is 13.1 Å². The number of carbonyl (C=O) groups is 1. The van der Waals surface area contributed by atoms with Gasteiger partial charge >= 0.3 is 0 Å². The molecule has 2 aromatic carbocycles. The minimum absolute atomic E-state index is 0.219. The Hall–Kier alpha value is -5.10. The number of benzene rings is 2. The van der Waals surface area contributed by atoms with Crippen molar-refractivity contribution in [2.24, 2.45) is 0 Å². The molecular formula is C27H20FN7O. The highest BCUT2D eigenvalue weighted by Gasteiger charge is 2.14. The number of nitrogens with one attached hydrogen (secondary N) is 3. The summed E-state index contributed by atoms with van der Waals surface area (Å²) in [6, 6.07) is 19.4. The summed E-state index contributed by atoms with van der Waals surface area (Å²) in [4.78, 5) is 21.5. The zero-order chi connectivity index (χ0) is 24.9. The number of carbonyl (C=O) groups excluding carboxylic acids is 1. The summed E-state index contributed by atoms with van der Waals surface area (Å²) >= 11 is 0. The van der Waals surface area contributed by atoms with E-state index in [-0.39, 0.29) is 29.4 Å². The Bertz CT molecular complexity index is 1570. The zero-order valence-electron chi connectivity index (χ0n) is 19.0. The molecule has 0 saturated heterocycles. The third kappa shape index (κ3) is 5.03. The van der Waals surface area contributed by atoms with Crippen molar-refractivity contribution in [3.8, 4) is 17.2 Å². The lowest BCUT2D eigenvalue weighted by molar-refractivity contribution is 0.0951. The number of nitrogens with zero attached hydrogens (tertiary/aromatic N) is 4. The van der Waals surface area contributed by atoms with Gasteiger partial charge in [0.05, 0.1) is 17.3 Å². The molecule has 0 unspecified atom stereocenters. The average Bonchev–Trinajstić information content (AvgIpc) is 3.40. The number of H-pyrrole nitrogens is 1. The van der Waals surface area contributed by atoms with Gasteiger partial charge in [0.1, 0.15) is 17.7 Å². The quantitative estimate of drug-likeness (QED) is 0.316. The van der Waals surface area contributed by atoms with E-state index in [1.165, 1.54) is 24.4 Å². The number of aromatic amines is 1. The predicted molar refractivity (Wildman–Crippen MR) is 133 cm³/mol. The molecule has 5 rings (SSSR count). The molecule has 3 aromatic heterocycles. The van der Waals surface area contributed by atoms with Gasteiger partial charge in [-0.2, -0.15) is 10.4 Å². The van der Waals surface area contributed by atoms with Crippen LogP contribution in [0, 0.1) is 17.1 Å². The van der Waals surface area contributed by atoms with Crippen LogP contribution in [0.5, 0.6) is 0 Å². The summed E-state index contributed by atoms with van der Waals surface area (Å²) in [7, 11) is 0. The molecule has 0 aliphatic heterocycles. The van der Waals surface area contributed by atoms with Gasteiger partial charge in [-0.25, -0.2) is 14.4 Å². The van der Waals surface area contributed by atoms with Gasteiger partial charge in [-0.1, -0.05) is 36.4 Å². The molecule has 0 aliphatic rings. The first-order valence-electron chi connectivity index (χ1n) is 11.1. The van der Waals surface area contributed by atoms with Crippen molar-refractivity contribution in [2.45, 2.75) is 13.1 Å². The smallest absolute Gasteiger partial charge is 0.255 e. The van der Waals surface area contributed by atoms with E-state index in [2.05, 4.69) is 30.8 Å². The second-order valence-electron chi connectivity index (χ2n) is 8.12. The fourth-order valence-corrected chi connectivity index (χ4v) is 3.71. The number of hydrogen-bond donors (Lipinski definition) is 3. The normalized spacial score (nSPS) is 10.7. The molecule has 1 amide bonds. The summed E-state index contributed by atoms with van der Waals surface area (Å²) in [5, 5.41) is 23.0. The van der Waals surface area contributed by atoms with Crippen LogP contribution in [0.4, 0.5) is 10.2 Å². The molecule has 176 valence electrons. The van der Waals surface area contributed by atoms with Gasteiger partial charge in [-0.3, -0.25) is 9.89 Å². The number of pyridine rings is 2. The second kappa shape index (κ2) is 10.0. The predicted octanol–water partition coefficient (Wildman–Crippen LogP) is 4.57. The molecule has 0 atom stereocenters. The maximum Gasteiger partial charge on any atom is 0.255 e. The Kier molecular flexibility index (Phi) is 6.32. The first kappa shape index (κ1) is 22.7. The summed E-state index contributed by atoms with van der Waals surface area (Å²) in [6.07, 6.45) is 4.95. The lowest BCUT2D eigenvalue weighted by atomic mass is 10.0. The topological polar surface area (TPSA) is 119 Å². The van der Waals surface area contributed by atoms with Crippen LogP contribution in [-0.4, -0.2) is 26.1 Å². The highest BCUT2D eigenvalue weighted by atomic mass is 19.1. The van der Waals surface area contributed by atoms with Crippen LogP contribution >= 0.6 is 0 Å². The Morgan fingerprint density at radius 2 is 1.67 bits per heavy atom. The van der Waals surface area contributed by atoms with E-state index in [0.717, 1.165) is 33.3 Å². The van der Waals surface area contributed by atoms with E-state index < -0.39 is 0 Å². The molecule has 0 fully saturated rings. The zero-order valence-corrected chi connectivity index (χ0v) is 19.0. The van der Waals surface area contributed by atoms with Crippen molar-refractivity contribution in [3.05, 3.63) is 107 Å². The fourth-order valence-electron chi connectivity index (χ4n) is 3.71. The highest BCUT2D eigenvalue weighted by Crippen LogP contribution is 2.23. The molecule has 8 nitrogen and oxygen atoms in total. The lowest BCUT2D eigenvalue weighted by Crippen LogP contribution is -2.24. The third-order valence-electron chi connectivity index (χ3n) is 5.67. The Balaban J connectivity index is 1.28. The van der Waals surface area contributed by atoms with Crippen LogP contribution in [0.1, 0.15) is 27.0 Å². The lowest BCUT2D eigenvalue weighted by Gasteiger charge is -2.12. The Morgan fingerprint density at radius 1 is 0.917 bits per heavy atom. The van der Waals surface area contributed by atoms with Crippen molar-refractivity contribution in [1.82, 2.24) is 25.5 Å². The molecule has 0 radical (unpaired) electrons. The first-order valence-corrected chi connectivity index (χ1v) is 11.1. The number of fused-ring (bicyclic) bond motifs is 1. The summed E-state index contributed by atoms with van der Waals surface area (Å²) in [5.74, 6) is -0.362. The Labute approximate surface area is 205 Å². The molecule has 9 heteroatoms. The van der Waals surface area contributed by atoms with Crippen molar-refractivity contribution in [3.63, 3.8) is 0 Å². The van der Waals surface area contributed by atoms with E-state index >= 15 is 0 Å². The molecule has 5 aromatic rings. The van der Waals surface area contributed by atoms with Gasteiger partial charge in [0, 0.05) is 36.4 Å². The van der Waals surface area contributed by atoms with Gasteiger partial charge in [-0.15, -0.1) is 0 Å². The number of anilines is 1. The van der Waals surface area contributed by atoms with Crippen LogP contribution in [0.15, 0.2) is 79.3 Å². The standard InChI is InChI=1S/C27H20FN7O/c28-23-7-3-18(4-8-23)13-33-27(36)24-9-19(11-29)14-31-26(24)30-12-17-1-5-20(6-2-17)21-10-22-16-34-35-25(22)32-15-21/h1-10,14-16H,12-13H2,(H,30,31)(H,33,36)(H,32,34,35). The minimum atomic E-state index is -0.385. The number of hydrogen-bond acceptors (Lipinski definition) is 6. The second-order valence-corrected chi connectivity index (χ2v) is 8.12. The number of halogens is 1. The molecule has 0 saturated carbocycles. The van der Waals surface area contributed by atoms with Crippen molar-refractivity contribution in [2.75, 3.05) is 5.32 Å². The average molecular weight is 478 g/mol. The highest BCUT2D eigenvalue weighted by molar-refractivity contribution is 5.99. The Morgan fingerprint density at radius 3 is 2.44 bits per heavy atom. The van der Waals surface area contributed by atoms with Crippen LogP contribution in [0.25, 0.3) is 22.2 Å². The van der Waals surface area contributed by atoms with E-state index in [1.54, 1.807) is 24.5 Å². The molecule has 0 aliphatic carbocycles. The minimum Gasteiger partial charge on any atom is -0.365 e. The molecule has 0 spiro atoms. The molecule has 3 N–H and O–H groups in total. The summed E-state index contributed by atoms with van der Waals surface area (Å²) in [6.45, 7) is 0.646. The van der Waals surface area contributed by atoms with E-state index in [0.29, 0.717) is 12.4 Å². The molecule has 36 heavy (non-hydrogen) atoms. The number of rotatable bonds is 7. The van der Waals surface area contributed by atoms with Gasteiger partial charge in [-0.05, 0) is 41.0 Å². The summed E-state index contributed by atoms with van der Waals surface area (Å²) < 4.78 is 13.1. The van der Waals surface area contributed by atoms with Crippen molar-refractivity contribution >= 4 is 22.8 Å². The van der Waals surface area contributed by atoms with Gasteiger partial charge in [0.15, 0.2) is 5.65 Å². The van der Waals surface area contributed by atoms with E-state index in [1.807, 2.05) is 36.4 Å².